The summed E-state index contributed by atoms with van der Waals surface area (Å²) in [5.41, 5.74) is 0. The molecule has 0 aromatic heterocycles. The van der Waals surface area contributed by atoms with Gasteiger partial charge in [0.2, 0.25) is 5.91 Å². The Balaban J connectivity index is 1.83. The summed E-state index contributed by atoms with van der Waals surface area (Å²) in [7, 11) is 0. The van der Waals surface area contributed by atoms with Gasteiger partial charge in [-0.15, -0.1) is 0 Å². The number of hydrogen-bond donors (Lipinski definition) is 2. The molecule has 0 bridgehead atoms. The van der Waals surface area contributed by atoms with Gasteiger partial charge in [0, 0.05) is 24.5 Å². The van der Waals surface area contributed by atoms with E-state index in [1.807, 2.05) is 0 Å². The zero-order valence-electron chi connectivity index (χ0n) is 9.41. The van der Waals surface area contributed by atoms with Gasteiger partial charge in [0.1, 0.15) is 0 Å². The van der Waals surface area contributed by atoms with E-state index in [-0.39, 0.29) is 30.4 Å². The van der Waals surface area contributed by atoms with E-state index in [4.69, 9.17) is 0 Å². The van der Waals surface area contributed by atoms with Gasteiger partial charge >= 0.3 is 0 Å². The van der Waals surface area contributed by atoms with E-state index in [9.17, 15) is 9.90 Å². The average Bonchev–Trinajstić information content (AvgIpc) is 2.96. The van der Waals surface area contributed by atoms with Crippen molar-refractivity contribution in [2.75, 3.05) is 6.61 Å². The normalized spacial score (nSPS) is 39.9. The van der Waals surface area contributed by atoms with Gasteiger partial charge in [-0.25, -0.2) is 0 Å². The molecule has 3 nitrogen and oxygen atoms in total. The second kappa shape index (κ2) is 4.52. The van der Waals surface area contributed by atoms with Gasteiger partial charge < -0.3 is 10.4 Å². The molecule has 4 atom stereocenters. The van der Waals surface area contributed by atoms with Crippen molar-refractivity contribution in [1.29, 1.82) is 0 Å². The highest BCUT2D eigenvalue weighted by Crippen LogP contribution is 2.38. The largest absolute Gasteiger partial charge is 0.396 e. The van der Waals surface area contributed by atoms with E-state index < -0.39 is 0 Å². The molecule has 0 spiro atoms. The Hall–Kier alpha value is -0.570. The molecule has 3 heteroatoms. The van der Waals surface area contributed by atoms with Crippen molar-refractivity contribution in [3.8, 4) is 0 Å². The zero-order valence-corrected chi connectivity index (χ0v) is 9.41. The molecule has 4 unspecified atom stereocenters. The summed E-state index contributed by atoms with van der Waals surface area (Å²) < 4.78 is 0. The van der Waals surface area contributed by atoms with Gasteiger partial charge in [0.05, 0.1) is 0 Å². The van der Waals surface area contributed by atoms with E-state index in [1.165, 1.54) is 12.8 Å². The Morgan fingerprint density at radius 2 is 2.07 bits per heavy atom. The van der Waals surface area contributed by atoms with E-state index in [0.29, 0.717) is 5.92 Å². The Morgan fingerprint density at radius 3 is 2.67 bits per heavy atom. The third-order valence-electron chi connectivity index (χ3n) is 3.92. The Labute approximate surface area is 91.2 Å². The van der Waals surface area contributed by atoms with Crippen LogP contribution in [0, 0.1) is 17.8 Å². The van der Waals surface area contributed by atoms with Crippen molar-refractivity contribution in [1.82, 2.24) is 5.32 Å². The smallest absolute Gasteiger partial charge is 0.223 e. The van der Waals surface area contributed by atoms with Crippen LogP contribution in [0.15, 0.2) is 0 Å². The minimum absolute atomic E-state index is 0.213. The maximum atomic E-state index is 11.8. The molecule has 2 rings (SSSR count). The summed E-state index contributed by atoms with van der Waals surface area (Å²) in [4.78, 5) is 11.8. The molecule has 0 saturated heterocycles. The van der Waals surface area contributed by atoms with Crippen LogP contribution in [0.2, 0.25) is 0 Å². The molecule has 1 amide bonds. The molecule has 2 saturated carbocycles. The van der Waals surface area contributed by atoms with Crippen LogP contribution in [0.4, 0.5) is 0 Å². The fourth-order valence-corrected chi connectivity index (χ4v) is 2.59. The van der Waals surface area contributed by atoms with Gasteiger partial charge in [-0.1, -0.05) is 19.8 Å². The van der Waals surface area contributed by atoms with Gasteiger partial charge in [-0.3, -0.25) is 4.79 Å². The highest BCUT2D eigenvalue weighted by molar-refractivity contribution is 5.81. The van der Waals surface area contributed by atoms with Crippen LogP contribution in [0.5, 0.6) is 0 Å². The first-order chi connectivity index (χ1) is 7.22. The summed E-state index contributed by atoms with van der Waals surface area (Å²) in [6, 6.07) is 0.226. The molecule has 0 heterocycles. The summed E-state index contributed by atoms with van der Waals surface area (Å²) >= 11 is 0. The first kappa shape index (κ1) is 10.9. The minimum atomic E-state index is 0.213. The van der Waals surface area contributed by atoms with Gasteiger partial charge in [-0.2, -0.15) is 0 Å². The fourth-order valence-electron chi connectivity index (χ4n) is 2.59. The molecule has 0 aromatic carbocycles. The first-order valence-corrected chi connectivity index (χ1v) is 6.13. The monoisotopic (exact) mass is 211 g/mol. The van der Waals surface area contributed by atoms with Crippen molar-refractivity contribution < 1.29 is 9.90 Å². The summed E-state index contributed by atoms with van der Waals surface area (Å²) in [6.07, 6.45) is 5.52. The Bertz CT molecular complexity index is 242. The van der Waals surface area contributed by atoms with Crippen LogP contribution in [-0.2, 0) is 4.79 Å². The molecule has 2 N–H and O–H groups in total. The molecule has 0 aliphatic heterocycles. The van der Waals surface area contributed by atoms with E-state index >= 15 is 0 Å². The maximum Gasteiger partial charge on any atom is 0.223 e. The molecule has 86 valence electrons. The standard InChI is InChI=1S/C12H21NO2/c1-8-6-10(8)12(15)13-11-5-3-2-4-9(11)7-14/h8-11,14H,2-7H2,1H3,(H,13,15). The van der Waals surface area contributed by atoms with Crippen molar-refractivity contribution in [2.24, 2.45) is 17.8 Å². The minimum Gasteiger partial charge on any atom is -0.396 e. The van der Waals surface area contributed by atoms with Crippen LogP contribution in [-0.4, -0.2) is 23.7 Å². The molecule has 2 fully saturated rings. The second-order valence-corrected chi connectivity index (χ2v) is 5.16. The predicted octanol–water partition coefficient (Wildman–Crippen LogP) is 1.31. The van der Waals surface area contributed by atoms with E-state index in [1.54, 1.807) is 0 Å². The van der Waals surface area contributed by atoms with Crippen LogP contribution in [0.3, 0.4) is 0 Å². The lowest BCUT2D eigenvalue weighted by Crippen LogP contribution is -2.44. The molecular weight excluding hydrogens is 190 g/mol. The number of amides is 1. The van der Waals surface area contributed by atoms with Gasteiger partial charge in [0.25, 0.3) is 0 Å². The topological polar surface area (TPSA) is 49.3 Å². The lowest BCUT2D eigenvalue weighted by molar-refractivity contribution is -0.124. The van der Waals surface area contributed by atoms with Gasteiger partial charge in [-0.05, 0) is 25.2 Å². The van der Waals surface area contributed by atoms with Crippen molar-refractivity contribution >= 4 is 5.91 Å². The predicted molar refractivity (Wildman–Crippen MR) is 58.2 cm³/mol. The van der Waals surface area contributed by atoms with Gasteiger partial charge in [0.15, 0.2) is 0 Å². The van der Waals surface area contributed by atoms with E-state index in [2.05, 4.69) is 12.2 Å². The quantitative estimate of drug-likeness (QED) is 0.739. The molecule has 15 heavy (non-hydrogen) atoms. The molecular formula is C12H21NO2. The Kier molecular flexibility index (Phi) is 3.29. The van der Waals surface area contributed by atoms with Crippen LogP contribution in [0.1, 0.15) is 39.0 Å². The van der Waals surface area contributed by atoms with E-state index in [0.717, 1.165) is 19.3 Å². The Morgan fingerprint density at radius 1 is 1.40 bits per heavy atom. The number of carbonyl (C=O) groups excluding carboxylic acids is 1. The average molecular weight is 211 g/mol. The van der Waals surface area contributed by atoms with Crippen molar-refractivity contribution in [3.63, 3.8) is 0 Å². The zero-order chi connectivity index (χ0) is 10.8. The number of carbonyl (C=O) groups is 1. The number of rotatable bonds is 3. The fraction of sp³-hybridized carbons (Fsp3) is 0.917. The van der Waals surface area contributed by atoms with Crippen molar-refractivity contribution in [2.45, 2.75) is 45.1 Å². The third-order valence-corrected chi connectivity index (χ3v) is 3.92. The lowest BCUT2D eigenvalue weighted by atomic mass is 9.85. The molecule has 2 aliphatic carbocycles. The highest BCUT2D eigenvalue weighted by atomic mass is 16.3. The first-order valence-electron chi connectivity index (χ1n) is 6.13. The summed E-state index contributed by atoms with van der Waals surface area (Å²) in [6.45, 7) is 2.33. The van der Waals surface area contributed by atoms with Crippen LogP contribution >= 0.6 is 0 Å². The maximum absolute atomic E-state index is 11.8. The number of hydrogen-bond acceptors (Lipinski definition) is 2. The second-order valence-electron chi connectivity index (χ2n) is 5.16. The van der Waals surface area contributed by atoms with Crippen LogP contribution < -0.4 is 5.32 Å². The lowest BCUT2D eigenvalue weighted by Gasteiger charge is -2.30. The third kappa shape index (κ3) is 2.51. The molecule has 0 radical (unpaired) electrons. The number of aliphatic hydroxyl groups is 1. The number of aliphatic hydroxyl groups excluding tert-OH is 1. The number of nitrogens with one attached hydrogen (secondary N) is 1. The summed E-state index contributed by atoms with van der Waals surface area (Å²) in [5, 5.41) is 12.3. The van der Waals surface area contributed by atoms with Crippen molar-refractivity contribution in [3.05, 3.63) is 0 Å². The van der Waals surface area contributed by atoms with Crippen LogP contribution in [0.25, 0.3) is 0 Å². The highest BCUT2D eigenvalue weighted by Gasteiger charge is 2.40. The molecule has 0 aromatic rings. The summed E-state index contributed by atoms with van der Waals surface area (Å²) in [5.74, 6) is 1.33. The SMILES string of the molecule is CC1CC1C(=O)NC1CCCCC1CO. The molecule has 2 aliphatic rings.